The lowest BCUT2D eigenvalue weighted by Crippen LogP contribution is -2.15. The van der Waals surface area contributed by atoms with Gasteiger partial charge in [0.2, 0.25) is 0 Å². The summed E-state index contributed by atoms with van der Waals surface area (Å²) in [6.07, 6.45) is 0. The van der Waals surface area contributed by atoms with Crippen LogP contribution in [0.5, 0.6) is 0 Å². The SMILES string of the molecule is Cc1ccc(C2SC=NN2c2ccccc2)o1. The quantitative estimate of drug-likeness (QED) is 0.804. The Morgan fingerprint density at radius 2 is 2.00 bits per heavy atom. The summed E-state index contributed by atoms with van der Waals surface area (Å²) in [4.78, 5) is 0. The number of hydrogen-bond donors (Lipinski definition) is 0. The molecule has 1 atom stereocenters. The third-order valence-corrected chi connectivity index (χ3v) is 3.51. The normalized spacial score (nSPS) is 18.9. The van der Waals surface area contributed by atoms with E-state index in [0.717, 1.165) is 17.2 Å². The first-order chi connectivity index (χ1) is 8.34. The smallest absolute Gasteiger partial charge is 0.161 e. The first-order valence-corrected chi connectivity index (χ1v) is 6.37. The molecule has 0 aliphatic carbocycles. The third-order valence-electron chi connectivity index (χ3n) is 2.61. The van der Waals surface area contributed by atoms with Crippen molar-refractivity contribution in [3.63, 3.8) is 0 Å². The first-order valence-electron chi connectivity index (χ1n) is 5.43. The predicted octanol–water partition coefficient (Wildman–Crippen LogP) is 3.78. The molecule has 0 N–H and O–H groups in total. The van der Waals surface area contributed by atoms with Crippen molar-refractivity contribution in [3.8, 4) is 0 Å². The van der Waals surface area contributed by atoms with E-state index >= 15 is 0 Å². The molecule has 0 fully saturated rings. The van der Waals surface area contributed by atoms with Crippen molar-refractivity contribution in [2.24, 2.45) is 5.10 Å². The summed E-state index contributed by atoms with van der Waals surface area (Å²) in [7, 11) is 0. The Hall–Kier alpha value is -1.68. The van der Waals surface area contributed by atoms with Gasteiger partial charge in [0.15, 0.2) is 5.37 Å². The fourth-order valence-electron chi connectivity index (χ4n) is 1.81. The molecule has 0 saturated carbocycles. The molecule has 17 heavy (non-hydrogen) atoms. The highest BCUT2D eigenvalue weighted by molar-refractivity contribution is 8.12. The van der Waals surface area contributed by atoms with Crippen molar-refractivity contribution >= 4 is 23.0 Å². The van der Waals surface area contributed by atoms with E-state index in [0.29, 0.717) is 0 Å². The van der Waals surface area contributed by atoms with Gasteiger partial charge >= 0.3 is 0 Å². The van der Waals surface area contributed by atoms with E-state index in [4.69, 9.17) is 4.42 Å². The molecular formula is C13H12N2OS. The fraction of sp³-hybridized carbons (Fsp3) is 0.154. The molecule has 0 spiro atoms. The van der Waals surface area contributed by atoms with E-state index < -0.39 is 0 Å². The van der Waals surface area contributed by atoms with Crippen molar-refractivity contribution in [2.45, 2.75) is 12.3 Å². The molecule has 1 aromatic carbocycles. The van der Waals surface area contributed by atoms with Gasteiger partial charge in [0.05, 0.1) is 11.2 Å². The Morgan fingerprint density at radius 1 is 1.18 bits per heavy atom. The summed E-state index contributed by atoms with van der Waals surface area (Å²) >= 11 is 1.65. The van der Waals surface area contributed by atoms with E-state index in [1.165, 1.54) is 0 Å². The van der Waals surface area contributed by atoms with Crippen LogP contribution < -0.4 is 5.01 Å². The van der Waals surface area contributed by atoms with Gasteiger partial charge < -0.3 is 4.42 Å². The summed E-state index contributed by atoms with van der Waals surface area (Å²) in [6.45, 7) is 1.96. The highest BCUT2D eigenvalue weighted by atomic mass is 32.2. The standard InChI is InChI=1S/C13H12N2OS/c1-10-7-8-12(16-10)13-15(14-9-17-13)11-5-3-2-4-6-11/h2-9,13H,1H3. The lowest BCUT2D eigenvalue weighted by Gasteiger charge is -2.20. The molecule has 1 aliphatic heterocycles. The monoisotopic (exact) mass is 244 g/mol. The highest BCUT2D eigenvalue weighted by Crippen LogP contribution is 2.39. The molecule has 2 heterocycles. The second-order valence-corrected chi connectivity index (χ2v) is 4.77. The number of anilines is 1. The molecule has 3 nitrogen and oxygen atoms in total. The largest absolute Gasteiger partial charge is 0.463 e. The van der Waals surface area contributed by atoms with Gasteiger partial charge in [-0.25, -0.2) is 5.01 Å². The molecule has 0 radical (unpaired) electrons. The van der Waals surface area contributed by atoms with Gasteiger partial charge in [0.1, 0.15) is 11.5 Å². The molecule has 1 aromatic heterocycles. The van der Waals surface area contributed by atoms with Crippen molar-refractivity contribution < 1.29 is 4.42 Å². The first kappa shape index (κ1) is 10.5. The molecule has 2 aromatic rings. The Balaban J connectivity index is 1.92. The Morgan fingerprint density at radius 3 is 2.71 bits per heavy atom. The average Bonchev–Trinajstić information content (AvgIpc) is 2.98. The van der Waals surface area contributed by atoms with Crippen LogP contribution in [0.1, 0.15) is 16.9 Å². The Kier molecular flexibility index (Phi) is 2.65. The molecule has 1 unspecified atom stereocenters. The number of aryl methyl sites for hydroxylation is 1. The minimum atomic E-state index is 0.103. The van der Waals surface area contributed by atoms with E-state index in [9.17, 15) is 0 Å². The van der Waals surface area contributed by atoms with Crippen molar-refractivity contribution in [1.29, 1.82) is 0 Å². The Bertz CT molecular complexity index is 535. The van der Waals surface area contributed by atoms with Crippen LogP contribution in [-0.2, 0) is 0 Å². The summed E-state index contributed by atoms with van der Waals surface area (Å²) in [5.41, 5.74) is 2.93. The molecule has 4 heteroatoms. The number of hydrazone groups is 1. The summed E-state index contributed by atoms with van der Waals surface area (Å²) in [5.74, 6) is 1.87. The second kappa shape index (κ2) is 4.30. The molecule has 86 valence electrons. The number of rotatable bonds is 2. The molecule has 3 rings (SSSR count). The molecule has 0 saturated heterocycles. The van der Waals surface area contributed by atoms with Crippen molar-refractivity contribution in [1.82, 2.24) is 0 Å². The lowest BCUT2D eigenvalue weighted by atomic mass is 10.3. The van der Waals surface area contributed by atoms with Crippen LogP contribution in [0.25, 0.3) is 0 Å². The number of hydrogen-bond acceptors (Lipinski definition) is 4. The number of thioether (sulfide) groups is 1. The van der Waals surface area contributed by atoms with Gasteiger partial charge in [-0.3, -0.25) is 0 Å². The number of nitrogens with zero attached hydrogens (tertiary/aromatic N) is 2. The van der Waals surface area contributed by atoms with Crippen LogP contribution in [-0.4, -0.2) is 5.55 Å². The van der Waals surface area contributed by atoms with E-state index in [-0.39, 0.29) is 5.37 Å². The zero-order valence-electron chi connectivity index (χ0n) is 9.41. The fourth-order valence-corrected chi connectivity index (χ4v) is 2.63. The van der Waals surface area contributed by atoms with Gasteiger partial charge in [0.25, 0.3) is 0 Å². The zero-order chi connectivity index (χ0) is 11.7. The minimum Gasteiger partial charge on any atom is -0.463 e. The number of para-hydroxylation sites is 1. The van der Waals surface area contributed by atoms with Crippen LogP contribution in [0.3, 0.4) is 0 Å². The number of benzene rings is 1. The maximum Gasteiger partial charge on any atom is 0.161 e. The van der Waals surface area contributed by atoms with Crippen molar-refractivity contribution in [2.75, 3.05) is 5.01 Å². The molecule has 0 bridgehead atoms. The maximum absolute atomic E-state index is 5.68. The van der Waals surface area contributed by atoms with Crippen molar-refractivity contribution in [3.05, 3.63) is 54.0 Å². The predicted molar refractivity (Wildman–Crippen MR) is 71.2 cm³/mol. The lowest BCUT2D eigenvalue weighted by molar-refractivity contribution is 0.477. The maximum atomic E-state index is 5.68. The molecule has 1 aliphatic rings. The van der Waals surface area contributed by atoms with E-state index in [2.05, 4.69) is 5.10 Å². The third kappa shape index (κ3) is 1.96. The van der Waals surface area contributed by atoms with Crippen LogP contribution in [0, 0.1) is 6.92 Å². The van der Waals surface area contributed by atoms with Crippen LogP contribution in [0.15, 0.2) is 52.0 Å². The summed E-state index contributed by atoms with van der Waals surface area (Å²) < 4.78 is 5.68. The zero-order valence-corrected chi connectivity index (χ0v) is 10.2. The van der Waals surface area contributed by atoms with Gasteiger partial charge in [-0.1, -0.05) is 30.0 Å². The topological polar surface area (TPSA) is 28.7 Å². The second-order valence-electron chi connectivity index (χ2n) is 3.84. The minimum absolute atomic E-state index is 0.103. The summed E-state index contributed by atoms with van der Waals surface area (Å²) in [5, 5.41) is 6.46. The molecular weight excluding hydrogens is 232 g/mol. The van der Waals surface area contributed by atoms with Crippen LogP contribution in [0.2, 0.25) is 0 Å². The van der Waals surface area contributed by atoms with Gasteiger partial charge in [-0.15, -0.1) is 0 Å². The molecule has 0 amide bonds. The average molecular weight is 244 g/mol. The van der Waals surface area contributed by atoms with Gasteiger partial charge in [-0.2, -0.15) is 5.10 Å². The summed E-state index contributed by atoms with van der Waals surface area (Å²) in [6, 6.07) is 14.1. The van der Waals surface area contributed by atoms with Gasteiger partial charge in [0, 0.05) is 0 Å². The number of furan rings is 1. The van der Waals surface area contributed by atoms with Crippen LogP contribution >= 0.6 is 11.8 Å². The van der Waals surface area contributed by atoms with Crippen LogP contribution in [0.4, 0.5) is 5.69 Å². The van der Waals surface area contributed by atoms with Gasteiger partial charge in [-0.05, 0) is 31.2 Å². The van der Waals surface area contributed by atoms with E-state index in [1.54, 1.807) is 11.8 Å². The highest BCUT2D eigenvalue weighted by Gasteiger charge is 2.27. The van der Waals surface area contributed by atoms with E-state index in [1.807, 2.05) is 59.9 Å². The Labute approximate surface area is 104 Å².